The van der Waals surface area contributed by atoms with Crippen molar-refractivity contribution in [3.8, 4) is 11.5 Å². The first-order chi connectivity index (χ1) is 17.9. The Morgan fingerprint density at radius 2 is 1.55 bits per heavy atom. The van der Waals surface area contributed by atoms with Crippen molar-refractivity contribution in [2.24, 2.45) is 17.8 Å². The van der Waals surface area contributed by atoms with Gasteiger partial charge in [0, 0.05) is 6.42 Å². The number of rotatable bonds is 4. The molecule has 5 rings (SSSR count). The van der Waals surface area contributed by atoms with Gasteiger partial charge in [-0.25, -0.2) is 4.79 Å². The lowest BCUT2D eigenvalue weighted by Gasteiger charge is -2.30. The van der Waals surface area contributed by atoms with E-state index in [1.807, 2.05) is 83.1 Å². The predicted octanol–water partition coefficient (Wildman–Crippen LogP) is 5.64. The van der Waals surface area contributed by atoms with Crippen LogP contribution in [-0.2, 0) is 36.7 Å². The molecule has 0 spiro atoms. The number of nitrogens with one attached hydrogen (secondary N) is 1. The molecule has 7 nitrogen and oxygen atoms in total. The largest absolute Gasteiger partial charge is 0.467 e. The molecule has 4 bridgehead atoms. The summed E-state index contributed by atoms with van der Waals surface area (Å²) in [5.74, 6) is -0.985. The van der Waals surface area contributed by atoms with Gasteiger partial charge >= 0.3 is 11.9 Å². The molecule has 0 saturated heterocycles. The second-order valence-electron chi connectivity index (χ2n) is 11.4. The molecule has 3 aliphatic heterocycles. The van der Waals surface area contributed by atoms with E-state index in [2.05, 4.69) is 5.32 Å². The molecule has 0 saturated carbocycles. The second kappa shape index (κ2) is 12.9. The molecule has 206 valence electrons. The van der Waals surface area contributed by atoms with Crippen molar-refractivity contribution in [1.82, 2.24) is 5.32 Å². The Bertz CT molecular complexity index is 1080. The first-order valence-electron chi connectivity index (χ1n) is 13.4. The summed E-state index contributed by atoms with van der Waals surface area (Å²) in [5.41, 5.74) is 1.28. The first kappa shape index (κ1) is 29.2. The predicted molar refractivity (Wildman–Crippen MR) is 146 cm³/mol. The SMILES string of the molecule is COC(=O)[C@@H]1Cc2ccc(cc2)Oc2ccc(cc2)CCC[C@H](C(=O)OC(C)(C)C)[C@@H](CC(C)C)C(=O)N1. The van der Waals surface area contributed by atoms with Crippen molar-refractivity contribution >= 4 is 17.8 Å². The van der Waals surface area contributed by atoms with Gasteiger partial charge < -0.3 is 19.5 Å². The normalized spacial score (nSPS) is 20.7. The summed E-state index contributed by atoms with van der Waals surface area (Å²) in [6, 6.07) is 14.4. The van der Waals surface area contributed by atoms with Crippen LogP contribution in [0.2, 0.25) is 0 Å². The van der Waals surface area contributed by atoms with Gasteiger partial charge in [-0.3, -0.25) is 9.59 Å². The molecule has 7 heteroatoms. The molecule has 0 radical (unpaired) electrons. The molecule has 0 aliphatic carbocycles. The lowest BCUT2D eigenvalue weighted by molar-refractivity contribution is -0.164. The number of methoxy groups -OCH3 is 1. The van der Waals surface area contributed by atoms with Crippen molar-refractivity contribution in [3.63, 3.8) is 0 Å². The number of carbonyl (C=O) groups excluding carboxylic acids is 3. The molecule has 2 aromatic rings. The van der Waals surface area contributed by atoms with Gasteiger partial charge in [-0.15, -0.1) is 0 Å². The molecular formula is C31H41NO6. The molecule has 3 heterocycles. The van der Waals surface area contributed by atoms with E-state index in [4.69, 9.17) is 14.2 Å². The number of benzene rings is 2. The van der Waals surface area contributed by atoms with Crippen LogP contribution in [0.5, 0.6) is 11.5 Å². The van der Waals surface area contributed by atoms with Gasteiger partial charge in [0.1, 0.15) is 23.1 Å². The van der Waals surface area contributed by atoms with Crippen LogP contribution in [0.15, 0.2) is 48.5 Å². The van der Waals surface area contributed by atoms with E-state index >= 15 is 0 Å². The van der Waals surface area contributed by atoms with Gasteiger partial charge in [-0.2, -0.15) is 0 Å². The van der Waals surface area contributed by atoms with Crippen LogP contribution >= 0.6 is 0 Å². The minimum absolute atomic E-state index is 0.158. The first-order valence-corrected chi connectivity index (χ1v) is 13.4. The maximum absolute atomic E-state index is 13.8. The summed E-state index contributed by atoms with van der Waals surface area (Å²) in [5, 5.41) is 2.90. The number of ether oxygens (including phenoxy) is 3. The molecule has 1 N–H and O–H groups in total. The molecule has 2 aromatic carbocycles. The Morgan fingerprint density at radius 3 is 2.08 bits per heavy atom. The van der Waals surface area contributed by atoms with E-state index in [0.717, 1.165) is 23.3 Å². The zero-order valence-electron chi connectivity index (χ0n) is 23.4. The summed E-state index contributed by atoms with van der Waals surface area (Å²) in [7, 11) is 1.30. The molecule has 0 fully saturated rings. The average molecular weight is 524 g/mol. The smallest absolute Gasteiger partial charge is 0.328 e. The number of aryl methyl sites for hydroxylation is 1. The van der Waals surface area contributed by atoms with Crippen LogP contribution in [-0.4, -0.2) is 36.6 Å². The molecule has 38 heavy (non-hydrogen) atoms. The highest BCUT2D eigenvalue weighted by Crippen LogP contribution is 2.30. The topological polar surface area (TPSA) is 90.9 Å². The van der Waals surface area contributed by atoms with Crippen molar-refractivity contribution in [2.75, 3.05) is 7.11 Å². The number of hydrogen-bond donors (Lipinski definition) is 1. The van der Waals surface area contributed by atoms with Crippen molar-refractivity contribution in [3.05, 3.63) is 59.7 Å². The van der Waals surface area contributed by atoms with Crippen LogP contribution < -0.4 is 10.1 Å². The fourth-order valence-electron chi connectivity index (χ4n) is 4.75. The van der Waals surface area contributed by atoms with Gasteiger partial charge in [-0.05, 0) is 87.8 Å². The molecule has 3 aliphatic rings. The van der Waals surface area contributed by atoms with E-state index in [9.17, 15) is 14.4 Å². The van der Waals surface area contributed by atoms with Gasteiger partial charge in [0.25, 0.3) is 0 Å². The second-order valence-corrected chi connectivity index (χ2v) is 11.4. The quantitative estimate of drug-likeness (QED) is 0.522. The molecular weight excluding hydrogens is 482 g/mol. The van der Waals surface area contributed by atoms with Crippen LogP contribution in [0.4, 0.5) is 0 Å². The maximum atomic E-state index is 13.8. The van der Waals surface area contributed by atoms with Crippen molar-refractivity contribution < 1.29 is 28.6 Å². The van der Waals surface area contributed by atoms with E-state index in [-0.39, 0.29) is 24.2 Å². The van der Waals surface area contributed by atoms with E-state index in [0.29, 0.717) is 25.0 Å². The van der Waals surface area contributed by atoms with Crippen LogP contribution in [0.1, 0.15) is 65.0 Å². The monoisotopic (exact) mass is 523 g/mol. The van der Waals surface area contributed by atoms with Gasteiger partial charge in [-0.1, -0.05) is 38.1 Å². The molecule has 3 atom stereocenters. The Kier molecular flexibility index (Phi) is 9.95. The summed E-state index contributed by atoms with van der Waals surface area (Å²) in [6.45, 7) is 9.52. The zero-order valence-corrected chi connectivity index (χ0v) is 23.4. The zero-order chi connectivity index (χ0) is 27.9. The minimum atomic E-state index is -0.890. The summed E-state index contributed by atoms with van der Waals surface area (Å²) >= 11 is 0. The third-order valence-electron chi connectivity index (χ3n) is 6.56. The maximum Gasteiger partial charge on any atom is 0.328 e. The highest BCUT2D eigenvalue weighted by Gasteiger charge is 2.38. The summed E-state index contributed by atoms with van der Waals surface area (Å²) < 4.78 is 16.8. The molecule has 1 amide bonds. The Morgan fingerprint density at radius 1 is 0.974 bits per heavy atom. The Balaban J connectivity index is 2.00. The minimum Gasteiger partial charge on any atom is -0.467 e. The molecule has 0 unspecified atom stereocenters. The Hall–Kier alpha value is -3.35. The number of esters is 2. The third-order valence-corrected chi connectivity index (χ3v) is 6.56. The number of carbonyl (C=O) groups is 3. The highest BCUT2D eigenvalue weighted by molar-refractivity contribution is 5.89. The third kappa shape index (κ3) is 8.61. The van der Waals surface area contributed by atoms with E-state index in [1.54, 1.807) is 0 Å². The number of hydrogen-bond acceptors (Lipinski definition) is 6. The lowest BCUT2D eigenvalue weighted by Crippen LogP contribution is -2.48. The number of fused-ring (bicyclic) bond motifs is 2. The summed E-state index contributed by atoms with van der Waals surface area (Å²) in [6.07, 6.45) is 2.67. The van der Waals surface area contributed by atoms with Crippen LogP contribution in [0, 0.1) is 17.8 Å². The highest BCUT2D eigenvalue weighted by atomic mass is 16.6. The molecule has 0 aromatic heterocycles. The van der Waals surface area contributed by atoms with Crippen LogP contribution in [0.3, 0.4) is 0 Å². The van der Waals surface area contributed by atoms with Crippen molar-refractivity contribution in [1.29, 1.82) is 0 Å². The van der Waals surface area contributed by atoms with E-state index < -0.39 is 29.4 Å². The fourth-order valence-corrected chi connectivity index (χ4v) is 4.75. The summed E-state index contributed by atoms with van der Waals surface area (Å²) in [4.78, 5) is 39.9. The fraction of sp³-hybridized carbons (Fsp3) is 0.516. The standard InChI is InChI=1S/C31H41NO6/c1-20(2)18-26-25(29(34)38-31(3,4)5)9-7-8-21-10-14-23(15-11-21)37-24-16-12-22(13-17-24)19-27(30(35)36-6)32-28(26)33/h10-17,20,25-27H,7-9,18-19H2,1-6H3,(H,32,33)/t25-,26+,27-/m0/s1. The Labute approximate surface area is 226 Å². The van der Waals surface area contributed by atoms with Gasteiger partial charge in [0.15, 0.2) is 0 Å². The van der Waals surface area contributed by atoms with Gasteiger partial charge in [0.05, 0.1) is 18.9 Å². The van der Waals surface area contributed by atoms with Crippen LogP contribution in [0.25, 0.3) is 0 Å². The number of amides is 1. The lowest BCUT2D eigenvalue weighted by atomic mass is 9.81. The van der Waals surface area contributed by atoms with Crippen molar-refractivity contribution in [2.45, 2.75) is 78.4 Å². The average Bonchev–Trinajstić information content (AvgIpc) is 2.85. The van der Waals surface area contributed by atoms with Gasteiger partial charge in [0.2, 0.25) is 5.91 Å². The van der Waals surface area contributed by atoms with E-state index in [1.165, 1.54) is 7.11 Å².